The largest absolute Gasteiger partial charge is 0.466 e. The quantitative estimate of drug-likeness (QED) is 0.285. The van der Waals surface area contributed by atoms with Crippen LogP contribution in [0, 0.1) is 5.92 Å². The van der Waals surface area contributed by atoms with Crippen molar-refractivity contribution in [2.24, 2.45) is 10.9 Å². The van der Waals surface area contributed by atoms with Crippen LogP contribution in [0.15, 0.2) is 10.4 Å². The fraction of sp³-hybridized carbons (Fsp3) is 0.722. The molecule has 0 aromatic carbocycles. The van der Waals surface area contributed by atoms with Crippen molar-refractivity contribution in [3.05, 3.63) is 16.1 Å². The molecule has 1 aromatic rings. The Morgan fingerprint density at radius 1 is 1.54 bits per heavy atom. The maximum Gasteiger partial charge on any atom is 0.310 e. The average molecular weight is 494 g/mol. The number of thiazole rings is 1. The van der Waals surface area contributed by atoms with Crippen LogP contribution >= 0.6 is 35.3 Å². The number of aliphatic imine (C=N–C) groups is 1. The van der Waals surface area contributed by atoms with Crippen molar-refractivity contribution in [1.29, 1.82) is 0 Å². The Morgan fingerprint density at radius 3 is 2.92 bits per heavy atom. The number of esters is 1. The zero-order valence-corrected chi connectivity index (χ0v) is 19.3. The second-order valence-corrected chi connectivity index (χ2v) is 7.48. The number of hydrogen-bond acceptors (Lipinski definition) is 5. The van der Waals surface area contributed by atoms with Gasteiger partial charge in [-0.2, -0.15) is 0 Å². The summed E-state index contributed by atoms with van der Waals surface area (Å²) in [6.45, 7) is 9.00. The van der Waals surface area contributed by atoms with E-state index in [2.05, 4.69) is 39.4 Å². The summed E-state index contributed by atoms with van der Waals surface area (Å²) in [5.74, 6) is 1.19. The molecule has 0 radical (unpaired) electrons. The third kappa shape index (κ3) is 6.68. The standard InChI is InChI=1S/C18H30N4O2S.HI/c1-5-24-17(23)14-7-6-10-22(11-14)18(19-4)20-9-8-15-12-25-16(21-15)13(2)3;/h12-14H,5-11H2,1-4H3,(H,19,20);1H. The third-order valence-electron chi connectivity index (χ3n) is 4.28. The van der Waals surface area contributed by atoms with Crippen LogP contribution in [0.1, 0.15) is 50.2 Å². The molecule has 148 valence electrons. The molecule has 0 aliphatic carbocycles. The molecule has 1 N–H and O–H groups in total. The predicted octanol–water partition coefficient (Wildman–Crippen LogP) is 3.28. The summed E-state index contributed by atoms with van der Waals surface area (Å²) in [6, 6.07) is 0. The number of guanidine groups is 1. The molecule has 0 spiro atoms. The first-order chi connectivity index (χ1) is 12.0. The highest BCUT2D eigenvalue weighted by Gasteiger charge is 2.28. The molecule has 8 heteroatoms. The van der Waals surface area contributed by atoms with Gasteiger partial charge in [0.05, 0.1) is 23.2 Å². The number of carbonyl (C=O) groups excluding carboxylic acids is 1. The average Bonchev–Trinajstić information content (AvgIpc) is 3.08. The molecule has 1 unspecified atom stereocenters. The van der Waals surface area contributed by atoms with Gasteiger partial charge in [-0.05, 0) is 19.8 Å². The fourth-order valence-electron chi connectivity index (χ4n) is 2.96. The van der Waals surface area contributed by atoms with Gasteiger partial charge in [0.25, 0.3) is 0 Å². The Morgan fingerprint density at radius 2 is 2.31 bits per heavy atom. The molecular formula is C18H31IN4O2S. The lowest BCUT2D eigenvalue weighted by Crippen LogP contribution is -2.48. The maximum atomic E-state index is 12.0. The van der Waals surface area contributed by atoms with Crippen LogP contribution in [-0.4, -0.2) is 55.1 Å². The first-order valence-corrected chi connectivity index (χ1v) is 9.99. The van der Waals surface area contributed by atoms with Crippen molar-refractivity contribution < 1.29 is 9.53 Å². The number of ether oxygens (including phenoxy) is 1. The zero-order chi connectivity index (χ0) is 18.2. The number of aromatic nitrogens is 1. The van der Waals surface area contributed by atoms with E-state index in [1.165, 1.54) is 5.01 Å². The predicted molar refractivity (Wildman–Crippen MR) is 118 cm³/mol. The minimum Gasteiger partial charge on any atom is -0.466 e. The van der Waals surface area contributed by atoms with Crippen molar-refractivity contribution in [3.8, 4) is 0 Å². The number of carbonyl (C=O) groups is 1. The Balaban J connectivity index is 0.00000338. The number of nitrogens with zero attached hydrogens (tertiary/aromatic N) is 3. The lowest BCUT2D eigenvalue weighted by Gasteiger charge is -2.33. The van der Waals surface area contributed by atoms with E-state index in [9.17, 15) is 4.79 Å². The van der Waals surface area contributed by atoms with Gasteiger partial charge in [0.2, 0.25) is 0 Å². The molecule has 0 saturated carbocycles. The molecule has 0 bridgehead atoms. The lowest BCUT2D eigenvalue weighted by atomic mass is 9.98. The van der Waals surface area contributed by atoms with Gasteiger partial charge in [0.15, 0.2) is 5.96 Å². The fourth-order valence-corrected chi connectivity index (χ4v) is 3.83. The molecule has 1 aliphatic rings. The van der Waals surface area contributed by atoms with Crippen molar-refractivity contribution in [2.75, 3.05) is 33.3 Å². The molecule has 1 aromatic heterocycles. The van der Waals surface area contributed by atoms with Gasteiger partial charge in [-0.15, -0.1) is 35.3 Å². The molecule has 1 saturated heterocycles. The Labute approximate surface area is 177 Å². The summed E-state index contributed by atoms with van der Waals surface area (Å²) >= 11 is 1.73. The minimum absolute atomic E-state index is 0. The van der Waals surface area contributed by atoms with Gasteiger partial charge in [-0.25, -0.2) is 4.98 Å². The van der Waals surface area contributed by atoms with E-state index in [4.69, 9.17) is 4.74 Å². The molecule has 2 rings (SSSR count). The van der Waals surface area contributed by atoms with E-state index < -0.39 is 0 Å². The molecule has 2 heterocycles. The highest BCUT2D eigenvalue weighted by atomic mass is 127. The van der Waals surface area contributed by atoms with Crippen LogP contribution in [0.2, 0.25) is 0 Å². The highest BCUT2D eigenvalue weighted by Crippen LogP contribution is 2.20. The van der Waals surface area contributed by atoms with E-state index in [1.807, 2.05) is 6.92 Å². The third-order valence-corrected chi connectivity index (χ3v) is 5.47. The van der Waals surface area contributed by atoms with Gasteiger partial charge >= 0.3 is 5.97 Å². The van der Waals surface area contributed by atoms with Gasteiger partial charge in [0.1, 0.15) is 0 Å². The Hall–Kier alpha value is -0.900. The first kappa shape index (κ1) is 23.1. The number of nitrogens with one attached hydrogen (secondary N) is 1. The second-order valence-electron chi connectivity index (χ2n) is 6.59. The number of likely N-dealkylation sites (tertiary alicyclic amines) is 1. The smallest absolute Gasteiger partial charge is 0.310 e. The van der Waals surface area contributed by atoms with Gasteiger partial charge in [-0.3, -0.25) is 9.79 Å². The van der Waals surface area contributed by atoms with Crippen LogP contribution in [0.4, 0.5) is 0 Å². The number of hydrogen-bond donors (Lipinski definition) is 1. The van der Waals surface area contributed by atoms with Crippen LogP contribution in [0.5, 0.6) is 0 Å². The molecular weight excluding hydrogens is 463 g/mol. The van der Waals surface area contributed by atoms with Crippen LogP contribution < -0.4 is 5.32 Å². The van der Waals surface area contributed by atoms with E-state index >= 15 is 0 Å². The molecule has 1 fully saturated rings. The highest BCUT2D eigenvalue weighted by molar-refractivity contribution is 14.0. The van der Waals surface area contributed by atoms with E-state index in [0.29, 0.717) is 19.1 Å². The summed E-state index contributed by atoms with van der Waals surface area (Å²) < 4.78 is 5.17. The number of rotatable bonds is 6. The Kier molecular flexibility index (Phi) is 10.4. The van der Waals surface area contributed by atoms with Crippen LogP contribution in [-0.2, 0) is 16.0 Å². The molecule has 6 nitrogen and oxygen atoms in total. The van der Waals surface area contributed by atoms with Crippen molar-refractivity contribution >= 4 is 47.2 Å². The molecule has 1 atom stereocenters. The summed E-state index contributed by atoms with van der Waals surface area (Å²) in [7, 11) is 1.79. The number of halogens is 1. The summed E-state index contributed by atoms with van der Waals surface area (Å²) in [6.07, 6.45) is 2.74. The monoisotopic (exact) mass is 494 g/mol. The summed E-state index contributed by atoms with van der Waals surface area (Å²) in [5, 5.41) is 6.73. The van der Waals surface area contributed by atoms with Crippen molar-refractivity contribution in [1.82, 2.24) is 15.2 Å². The molecule has 1 aliphatic heterocycles. The molecule has 0 amide bonds. The van der Waals surface area contributed by atoms with Gasteiger partial charge < -0.3 is 15.0 Å². The van der Waals surface area contributed by atoms with Gasteiger partial charge in [-0.1, -0.05) is 13.8 Å². The zero-order valence-electron chi connectivity index (χ0n) is 16.2. The first-order valence-electron chi connectivity index (χ1n) is 9.11. The van der Waals surface area contributed by atoms with Crippen molar-refractivity contribution in [2.45, 2.75) is 46.0 Å². The Bertz CT molecular complexity index is 592. The van der Waals surface area contributed by atoms with Crippen LogP contribution in [0.3, 0.4) is 0 Å². The normalized spacial score (nSPS) is 17.8. The minimum atomic E-state index is -0.0914. The van der Waals surface area contributed by atoms with Gasteiger partial charge in [0, 0.05) is 44.4 Å². The van der Waals surface area contributed by atoms with E-state index in [0.717, 1.165) is 44.0 Å². The summed E-state index contributed by atoms with van der Waals surface area (Å²) in [5.41, 5.74) is 1.12. The van der Waals surface area contributed by atoms with Crippen LogP contribution in [0.25, 0.3) is 0 Å². The lowest BCUT2D eigenvalue weighted by molar-refractivity contribution is -0.149. The summed E-state index contributed by atoms with van der Waals surface area (Å²) in [4.78, 5) is 23.2. The van der Waals surface area contributed by atoms with E-state index in [-0.39, 0.29) is 35.9 Å². The van der Waals surface area contributed by atoms with Crippen molar-refractivity contribution in [3.63, 3.8) is 0 Å². The SMILES string of the molecule is CCOC(=O)C1CCCN(C(=NC)NCCc2csc(C(C)C)n2)C1.I. The maximum absolute atomic E-state index is 12.0. The number of piperidine rings is 1. The topological polar surface area (TPSA) is 66.8 Å². The molecule has 26 heavy (non-hydrogen) atoms. The van der Waals surface area contributed by atoms with E-state index in [1.54, 1.807) is 18.4 Å². The second kappa shape index (κ2) is 11.7.